The van der Waals surface area contributed by atoms with Crippen LogP contribution in [0.15, 0.2) is 36.4 Å². The summed E-state index contributed by atoms with van der Waals surface area (Å²) in [7, 11) is 3.10. The molecule has 0 saturated carbocycles. The number of hydrogen-bond acceptors (Lipinski definition) is 3. The topological polar surface area (TPSA) is 35.5 Å². The molecule has 0 aromatic heterocycles. The van der Waals surface area contributed by atoms with Gasteiger partial charge in [0.15, 0.2) is 0 Å². The summed E-state index contributed by atoms with van der Waals surface area (Å²) in [5.41, 5.74) is 5.96. The molecular weight excluding hydrogens is 264 g/mol. The number of methoxy groups -OCH3 is 2. The zero-order chi connectivity index (χ0) is 15.0. The molecule has 0 N–H and O–H groups in total. The molecule has 0 bridgehead atoms. The summed E-state index contributed by atoms with van der Waals surface area (Å²) >= 11 is 0. The molecule has 1 unspecified atom stereocenters. The van der Waals surface area contributed by atoms with Gasteiger partial charge in [-0.05, 0) is 39.9 Å². The summed E-state index contributed by atoms with van der Waals surface area (Å²) in [5.74, 6) is 0.915. The maximum Gasteiger partial charge on any atom is 0.309 e. The first kappa shape index (κ1) is 13.7. The Morgan fingerprint density at radius 2 is 1.95 bits per heavy atom. The van der Waals surface area contributed by atoms with Crippen molar-refractivity contribution in [1.29, 1.82) is 0 Å². The van der Waals surface area contributed by atoms with Gasteiger partial charge in [0, 0.05) is 5.92 Å². The van der Waals surface area contributed by atoms with Crippen LogP contribution in [0.5, 0.6) is 5.75 Å². The number of fused-ring (bicyclic) bond motifs is 3. The summed E-state index contributed by atoms with van der Waals surface area (Å²) in [6, 6.07) is 12.3. The first-order valence-corrected chi connectivity index (χ1v) is 7.02. The van der Waals surface area contributed by atoms with Crippen LogP contribution in [0, 0.1) is 0 Å². The predicted molar refractivity (Wildman–Crippen MR) is 81.7 cm³/mol. The number of rotatable bonds is 3. The highest BCUT2D eigenvalue weighted by molar-refractivity contribution is 5.83. The van der Waals surface area contributed by atoms with Crippen LogP contribution in [0.2, 0.25) is 0 Å². The molecule has 2 aromatic carbocycles. The minimum atomic E-state index is -0.205. The Hall–Kier alpha value is -2.29. The molecular formula is C18H18O3. The molecule has 1 atom stereocenters. The van der Waals surface area contributed by atoms with E-state index in [1.807, 2.05) is 18.2 Å². The van der Waals surface area contributed by atoms with Crippen LogP contribution in [-0.4, -0.2) is 20.2 Å². The fraction of sp³-hybridized carbons (Fsp3) is 0.278. The highest BCUT2D eigenvalue weighted by Crippen LogP contribution is 2.47. The molecule has 0 amide bonds. The van der Waals surface area contributed by atoms with E-state index in [2.05, 4.69) is 25.1 Å². The second kappa shape index (κ2) is 5.24. The van der Waals surface area contributed by atoms with Crippen molar-refractivity contribution in [2.24, 2.45) is 0 Å². The van der Waals surface area contributed by atoms with Gasteiger partial charge in [0.1, 0.15) is 5.75 Å². The Morgan fingerprint density at radius 1 is 1.14 bits per heavy atom. The van der Waals surface area contributed by atoms with Crippen molar-refractivity contribution >= 4 is 5.97 Å². The fourth-order valence-electron chi connectivity index (χ4n) is 3.17. The van der Waals surface area contributed by atoms with Crippen molar-refractivity contribution in [3.05, 3.63) is 53.1 Å². The van der Waals surface area contributed by atoms with E-state index in [0.717, 1.165) is 11.3 Å². The summed E-state index contributed by atoms with van der Waals surface area (Å²) in [6.07, 6.45) is 0.315. The molecule has 0 fully saturated rings. The molecule has 1 aliphatic rings. The molecule has 0 heterocycles. The fourth-order valence-corrected chi connectivity index (χ4v) is 3.17. The number of carbonyl (C=O) groups excluding carboxylic acids is 1. The molecule has 1 aliphatic carbocycles. The monoisotopic (exact) mass is 282 g/mol. The lowest BCUT2D eigenvalue weighted by atomic mass is 9.93. The maximum absolute atomic E-state index is 11.6. The zero-order valence-corrected chi connectivity index (χ0v) is 12.5. The Morgan fingerprint density at radius 3 is 2.67 bits per heavy atom. The number of ether oxygens (including phenoxy) is 2. The third-order valence-electron chi connectivity index (χ3n) is 4.21. The van der Waals surface area contributed by atoms with E-state index in [9.17, 15) is 4.79 Å². The van der Waals surface area contributed by atoms with Gasteiger partial charge in [-0.25, -0.2) is 0 Å². The van der Waals surface area contributed by atoms with Crippen molar-refractivity contribution in [3.63, 3.8) is 0 Å². The van der Waals surface area contributed by atoms with Gasteiger partial charge >= 0.3 is 5.97 Å². The van der Waals surface area contributed by atoms with Crippen LogP contribution in [-0.2, 0) is 16.0 Å². The molecule has 3 heteroatoms. The lowest BCUT2D eigenvalue weighted by Gasteiger charge is -2.12. The minimum Gasteiger partial charge on any atom is -0.497 e. The van der Waals surface area contributed by atoms with Gasteiger partial charge in [-0.15, -0.1) is 0 Å². The highest BCUT2D eigenvalue weighted by Gasteiger charge is 2.28. The lowest BCUT2D eigenvalue weighted by molar-refractivity contribution is -0.139. The Labute approximate surface area is 124 Å². The second-order valence-electron chi connectivity index (χ2n) is 5.31. The van der Waals surface area contributed by atoms with Crippen LogP contribution in [0.4, 0.5) is 0 Å². The van der Waals surface area contributed by atoms with Crippen LogP contribution in [0.25, 0.3) is 11.1 Å². The van der Waals surface area contributed by atoms with Crippen molar-refractivity contribution < 1.29 is 14.3 Å². The van der Waals surface area contributed by atoms with E-state index < -0.39 is 0 Å². The third kappa shape index (κ3) is 2.19. The van der Waals surface area contributed by atoms with E-state index >= 15 is 0 Å². The molecule has 0 spiro atoms. The first-order valence-electron chi connectivity index (χ1n) is 7.02. The van der Waals surface area contributed by atoms with Crippen LogP contribution in [0.1, 0.15) is 29.5 Å². The van der Waals surface area contributed by atoms with E-state index in [1.165, 1.54) is 29.4 Å². The van der Waals surface area contributed by atoms with E-state index in [-0.39, 0.29) is 11.9 Å². The van der Waals surface area contributed by atoms with Crippen LogP contribution in [0.3, 0.4) is 0 Å². The zero-order valence-electron chi connectivity index (χ0n) is 12.5. The average Bonchev–Trinajstić information content (AvgIpc) is 2.81. The van der Waals surface area contributed by atoms with Gasteiger partial charge < -0.3 is 9.47 Å². The summed E-state index contributed by atoms with van der Waals surface area (Å²) in [5, 5.41) is 0. The molecule has 21 heavy (non-hydrogen) atoms. The van der Waals surface area contributed by atoms with Gasteiger partial charge in [0.05, 0.1) is 20.6 Å². The average molecular weight is 282 g/mol. The Balaban J connectivity index is 2.11. The van der Waals surface area contributed by atoms with Crippen LogP contribution >= 0.6 is 0 Å². The number of esters is 1. The first-order chi connectivity index (χ1) is 10.2. The Kier molecular flexibility index (Phi) is 3.42. The third-order valence-corrected chi connectivity index (χ3v) is 4.21. The van der Waals surface area contributed by atoms with Gasteiger partial charge in [0.25, 0.3) is 0 Å². The summed E-state index contributed by atoms with van der Waals surface area (Å²) in [4.78, 5) is 11.6. The van der Waals surface area contributed by atoms with Crippen molar-refractivity contribution in [2.45, 2.75) is 19.3 Å². The van der Waals surface area contributed by atoms with Gasteiger partial charge in [-0.3, -0.25) is 4.79 Å². The molecule has 3 nitrogen and oxygen atoms in total. The summed E-state index contributed by atoms with van der Waals surface area (Å²) in [6.45, 7) is 2.17. The maximum atomic E-state index is 11.6. The minimum absolute atomic E-state index is 0.205. The van der Waals surface area contributed by atoms with Gasteiger partial charge in [0.2, 0.25) is 0 Å². The largest absolute Gasteiger partial charge is 0.497 e. The normalized spacial score (nSPS) is 15.3. The standard InChI is InChI=1S/C18H18O3/c1-11-16-10-13(20-2)7-8-14(16)15-6-4-5-12(18(11)15)9-17(19)21-3/h4-8,10-11H,9H2,1-3H3. The SMILES string of the molecule is COC(=O)Cc1cccc2c1C(C)c1cc(OC)ccc1-2. The van der Waals surface area contributed by atoms with Crippen molar-refractivity contribution in [1.82, 2.24) is 0 Å². The van der Waals surface area contributed by atoms with E-state index in [0.29, 0.717) is 6.42 Å². The quantitative estimate of drug-likeness (QED) is 0.808. The number of benzene rings is 2. The predicted octanol–water partition coefficient (Wildman–Crippen LogP) is 3.54. The Bertz CT molecular complexity index is 704. The molecule has 0 aliphatic heterocycles. The molecule has 108 valence electrons. The van der Waals surface area contributed by atoms with Gasteiger partial charge in [-0.1, -0.05) is 31.2 Å². The molecule has 2 aromatic rings. The number of hydrogen-bond donors (Lipinski definition) is 0. The van der Waals surface area contributed by atoms with Crippen LogP contribution < -0.4 is 4.74 Å². The molecule has 3 rings (SSSR count). The smallest absolute Gasteiger partial charge is 0.309 e. The van der Waals surface area contributed by atoms with E-state index in [4.69, 9.17) is 9.47 Å². The number of carbonyl (C=O) groups is 1. The molecule has 0 saturated heterocycles. The van der Waals surface area contributed by atoms with E-state index in [1.54, 1.807) is 7.11 Å². The molecule has 0 radical (unpaired) electrons. The van der Waals surface area contributed by atoms with Crippen molar-refractivity contribution in [2.75, 3.05) is 14.2 Å². The second-order valence-corrected chi connectivity index (χ2v) is 5.31. The van der Waals surface area contributed by atoms with Gasteiger partial charge in [-0.2, -0.15) is 0 Å². The summed E-state index contributed by atoms with van der Waals surface area (Å²) < 4.78 is 10.1. The lowest BCUT2D eigenvalue weighted by Crippen LogP contribution is -2.07. The van der Waals surface area contributed by atoms with Crippen molar-refractivity contribution in [3.8, 4) is 16.9 Å². The highest BCUT2D eigenvalue weighted by atomic mass is 16.5.